The number of nitrogen functional groups attached to an aromatic ring is 1. The maximum Gasteiger partial charge on any atom is 0.203 e. The molecule has 2 heterocycles. The van der Waals surface area contributed by atoms with E-state index < -0.39 is 0 Å². The molecule has 0 saturated carbocycles. The molecule has 0 spiro atoms. The summed E-state index contributed by atoms with van der Waals surface area (Å²) in [6, 6.07) is 3.82. The molecule has 0 fully saturated rings. The molecule has 0 aliphatic rings. The third-order valence-electron chi connectivity index (χ3n) is 1.98. The summed E-state index contributed by atoms with van der Waals surface area (Å²) in [6.45, 7) is 1.94. The highest BCUT2D eigenvalue weighted by Gasteiger charge is 2.05. The predicted molar refractivity (Wildman–Crippen MR) is 69.4 cm³/mol. The molecule has 0 saturated heterocycles. The standard InChI is InChI=1S/C10H12N4OS2/c1-6-3-8(15-2)4-7(12-6)5-16-10-14-13-9(11)17-10/h3-4H,5H2,1-2H3,(H2,11,13). The van der Waals surface area contributed by atoms with Crippen molar-refractivity contribution in [2.45, 2.75) is 17.0 Å². The van der Waals surface area contributed by atoms with Gasteiger partial charge in [0.05, 0.1) is 12.8 Å². The predicted octanol–water partition coefficient (Wildman–Crippen LogP) is 2.12. The second-order valence-corrected chi connectivity index (χ2v) is 5.57. The summed E-state index contributed by atoms with van der Waals surface area (Å²) in [5.41, 5.74) is 7.41. The third-order valence-corrected chi connectivity index (χ3v) is 3.90. The molecule has 0 aliphatic heterocycles. The van der Waals surface area contributed by atoms with Crippen molar-refractivity contribution in [3.05, 3.63) is 23.5 Å². The van der Waals surface area contributed by atoms with E-state index in [9.17, 15) is 0 Å². The Kier molecular flexibility index (Phi) is 3.80. The molecule has 2 aromatic heterocycles. The molecule has 0 unspecified atom stereocenters. The van der Waals surface area contributed by atoms with Gasteiger partial charge in [-0.05, 0) is 6.92 Å². The topological polar surface area (TPSA) is 73.9 Å². The zero-order valence-corrected chi connectivity index (χ0v) is 11.1. The van der Waals surface area contributed by atoms with Crippen LogP contribution in [0.4, 0.5) is 5.13 Å². The number of pyridine rings is 1. The minimum Gasteiger partial charge on any atom is -0.497 e. The Hall–Kier alpha value is -1.34. The van der Waals surface area contributed by atoms with E-state index in [2.05, 4.69) is 15.2 Å². The van der Waals surface area contributed by atoms with Crippen molar-refractivity contribution in [3.63, 3.8) is 0 Å². The van der Waals surface area contributed by atoms with E-state index in [-0.39, 0.29) is 0 Å². The van der Waals surface area contributed by atoms with Gasteiger partial charge >= 0.3 is 0 Å². The molecule has 90 valence electrons. The lowest BCUT2D eigenvalue weighted by molar-refractivity contribution is 0.413. The summed E-state index contributed by atoms with van der Waals surface area (Å²) >= 11 is 2.95. The van der Waals surface area contributed by atoms with Gasteiger partial charge in [0.25, 0.3) is 0 Å². The van der Waals surface area contributed by atoms with E-state index in [0.717, 1.165) is 27.2 Å². The lowest BCUT2D eigenvalue weighted by Gasteiger charge is -2.04. The number of aromatic nitrogens is 3. The van der Waals surface area contributed by atoms with Gasteiger partial charge in [0, 0.05) is 23.6 Å². The Balaban J connectivity index is 2.05. The third kappa shape index (κ3) is 3.31. The van der Waals surface area contributed by atoms with Crippen molar-refractivity contribution in [2.24, 2.45) is 0 Å². The summed E-state index contributed by atoms with van der Waals surface area (Å²) in [4.78, 5) is 4.43. The van der Waals surface area contributed by atoms with Crippen LogP contribution >= 0.6 is 23.1 Å². The van der Waals surface area contributed by atoms with Crippen molar-refractivity contribution in [1.29, 1.82) is 0 Å². The number of ether oxygens (including phenoxy) is 1. The molecule has 0 aliphatic carbocycles. The first-order valence-electron chi connectivity index (χ1n) is 4.90. The average molecular weight is 268 g/mol. The Morgan fingerprint density at radius 1 is 1.41 bits per heavy atom. The highest BCUT2D eigenvalue weighted by atomic mass is 32.2. The number of hydrogen-bond acceptors (Lipinski definition) is 7. The largest absolute Gasteiger partial charge is 0.497 e. The number of hydrogen-bond donors (Lipinski definition) is 1. The first-order valence-corrected chi connectivity index (χ1v) is 6.71. The van der Waals surface area contributed by atoms with Crippen molar-refractivity contribution in [1.82, 2.24) is 15.2 Å². The fraction of sp³-hybridized carbons (Fsp3) is 0.300. The van der Waals surface area contributed by atoms with E-state index in [1.165, 1.54) is 11.3 Å². The number of nitrogens with zero attached hydrogens (tertiary/aromatic N) is 3. The van der Waals surface area contributed by atoms with Crippen LogP contribution in [0.5, 0.6) is 5.75 Å². The van der Waals surface area contributed by atoms with Crippen LogP contribution in [0.3, 0.4) is 0 Å². The van der Waals surface area contributed by atoms with E-state index in [4.69, 9.17) is 10.5 Å². The molecule has 2 rings (SSSR count). The van der Waals surface area contributed by atoms with Crippen molar-refractivity contribution in [3.8, 4) is 5.75 Å². The van der Waals surface area contributed by atoms with Gasteiger partial charge in [-0.2, -0.15) is 0 Å². The van der Waals surface area contributed by atoms with Crippen LogP contribution in [0.1, 0.15) is 11.4 Å². The maximum absolute atomic E-state index is 5.51. The lowest BCUT2D eigenvalue weighted by Crippen LogP contribution is -1.93. The first-order chi connectivity index (χ1) is 8.17. The summed E-state index contributed by atoms with van der Waals surface area (Å²) in [5.74, 6) is 1.55. The SMILES string of the molecule is COc1cc(C)nc(CSc2nnc(N)s2)c1. The zero-order valence-electron chi connectivity index (χ0n) is 9.51. The zero-order chi connectivity index (χ0) is 12.3. The van der Waals surface area contributed by atoms with Crippen molar-refractivity contribution >= 4 is 28.2 Å². The van der Waals surface area contributed by atoms with Crippen LogP contribution < -0.4 is 10.5 Å². The molecule has 0 radical (unpaired) electrons. The lowest BCUT2D eigenvalue weighted by atomic mass is 10.3. The number of thioether (sulfide) groups is 1. The average Bonchev–Trinajstić information content (AvgIpc) is 2.72. The highest BCUT2D eigenvalue weighted by molar-refractivity contribution is 8.00. The van der Waals surface area contributed by atoms with E-state index in [1.54, 1.807) is 18.9 Å². The van der Waals surface area contributed by atoms with Gasteiger partial charge in [-0.1, -0.05) is 23.1 Å². The minimum absolute atomic E-state index is 0.488. The fourth-order valence-corrected chi connectivity index (χ4v) is 2.84. The van der Waals surface area contributed by atoms with Crippen LogP contribution in [0, 0.1) is 6.92 Å². The van der Waals surface area contributed by atoms with Gasteiger partial charge in [-0.3, -0.25) is 4.98 Å². The molecule has 7 heteroatoms. The number of aryl methyl sites for hydroxylation is 1. The molecular formula is C10H12N4OS2. The Morgan fingerprint density at radius 2 is 2.24 bits per heavy atom. The minimum atomic E-state index is 0.488. The van der Waals surface area contributed by atoms with Crippen LogP contribution in [0.2, 0.25) is 0 Å². The molecule has 0 bridgehead atoms. The number of rotatable bonds is 4. The van der Waals surface area contributed by atoms with Crippen LogP contribution in [0.15, 0.2) is 16.5 Å². The summed E-state index contributed by atoms with van der Waals surface area (Å²) in [7, 11) is 1.65. The van der Waals surface area contributed by atoms with E-state index >= 15 is 0 Å². The quantitative estimate of drug-likeness (QED) is 0.856. The van der Waals surface area contributed by atoms with E-state index in [1.807, 2.05) is 19.1 Å². The van der Waals surface area contributed by atoms with Gasteiger partial charge in [-0.25, -0.2) is 0 Å². The summed E-state index contributed by atoms with van der Waals surface area (Å²) < 4.78 is 6.05. The molecule has 17 heavy (non-hydrogen) atoms. The Labute approximate surface area is 107 Å². The number of nitrogens with two attached hydrogens (primary N) is 1. The summed E-state index contributed by atoms with van der Waals surface area (Å²) in [6.07, 6.45) is 0. The molecular weight excluding hydrogens is 256 g/mol. The Bertz CT molecular complexity index is 515. The van der Waals surface area contributed by atoms with Crippen LogP contribution in [0.25, 0.3) is 0 Å². The van der Waals surface area contributed by atoms with Crippen LogP contribution in [-0.4, -0.2) is 22.3 Å². The first kappa shape index (κ1) is 12.1. The molecule has 0 amide bonds. The second-order valence-electron chi connectivity index (χ2n) is 3.33. The summed E-state index contributed by atoms with van der Waals surface area (Å²) in [5, 5.41) is 8.19. The Morgan fingerprint density at radius 3 is 2.88 bits per heavy atom. The maximum atomic E-state index is 5.51. The monoisotopic (exact) mass is 268 g/mol. The van der Waals surface area contributed by atoms with Crippen molar-refractivity contribution < 1.29 is 4.74 Å². The molecule has 0 atom stereocenters. The highest BCUT2D eigenvalue weighted by Crippen LogP contribution is 2.27. The van der Waals surface area contributed by atoms with Gasteiger partial charge < -0.3 is 10.5 Å². The van der Waals surface area contributed by atoms with Crippen LogP contribution in [-0.2, 0) is 5.75 Å². The normalized spacial score (nSPS) is 10.5. The van der Waals surface area contributed by atoms with Gasteiger partial charge in [0.15, 0.2) is 4.34 Å². The second kappa shape index (κ2) is 5.33. The fourth-order valence-electron chi connectivity index (χ4n) is 1.31. The van der Waals surface area contributed by atoms with E-state index in [0.29, 0.717) is 5.13 Å². The number of methoxy groups -OCH3 is 1. The smallest absolute Gasteiger partial charge is 0.203 e. The van der Waals surface area contributed by atoms with Gasteiger partial charge in [0.2, 0.25) is 5.13 Å². The molecule has 5 nitrogen and oxygen atoms in total. The van der Waals surface area contributed by atoms with Gasteiger partial charge in [0.1, 0.15) is 5.75 Å². The number of anilines is 1. The van der Waals surface area contributed by atoms with Crippen molar-refractivity contribution in [2.75, 3.05) is 12.8 Å². The molecule has 2 N–H and O–H groups in total. The van der Waals surface area contributed by atoms with Gasteiger partial charge in [-0.15, -0.1) is 10.2 Å². The molecule has 2 aromatic rings. The molecule has 0 aromatic carbocycles.